The third-order valence-corrected chi connectivity index (χ3v) is 2.59. The zero-order valence-electron chi connectivity index (χ0n) is 11.2. The molecular weight excluding hydrogens is 262 g/mol. The van der Waals surface area contributed by atoms with E-state index in [1.165, 1.54) is 0 Å². The summed E-state index contributed by atoms with van der Waals surface area (Å²) in [5, 5.41) is 20.9. The molecule has 8 nitrogen and oxygen atoms in total. The van der Waals surface area contributed by atoms with E-state index in [0.717, 1.165) is 0 Å². The van der Waals surface area contributed by atoms with Gasteiger partial charge >= 0.3 is 5.69 Å². The number of nitro benzene ring substituents is 1. The zero-order chi connectivity index (χ0) is 14.5. The van der Waals surface area contributed by atoms with Gasteiger partial charge in [-0.3, -0.25) is 10.1 Å². The molecule has 0 spiro atoms. The van der Waals surface area contributed by atoms with Gasteiger partial charge in [0, 0.05) is 13.5 Å². The van der Waals surface area contributed by atoms with Gasteiger partial charge in [0.2, 0.25) is 5.89 Å². The molecular formula is C12H15N5O3. The molecule has 0 saturated carbocycles. The number of aryl methyl sites for hydroxylation is 1. The molecule has 0 aliphatic carbocycles. The highest BCUT2D eigenvalue weighted by Crippen LogP contribution is 2.32. The van der Waals surface area contributed by atoms with Gasteiger partial charge in [-0.25, -0.2) is 0 Å². The molecule has 0 aliphatic rings. The molecule has 2 rings (SSSR count). The molecule has 0 unspecified atom stereocenters. The lowest BCUT2D eigenvalue weighted by atomic mass is 10.2. The van der Waals surface area contributed by atoms with Crippen molar-refractivity contribution in [3.63, 3.8) is 0 Å². The first kappa shape index (κ1) is 13.8. The predicted octanol–water partition coefficient (Wildman–Crippen LogP) is 2.33. The van der Waals surface area contributed by atoms with Crippen LogP contribution in [0.15, 0.2) is 22.7 Å². The number of para-hydroxylation sites is 1. The molecule has 2 aromatic rings. The second-order valence-electron chi connectivity index (χ2n) is 4.07. The second-order valence-corrected chi connectivity index (χ2v) is 4.07. The summed E-state index contributed by atoms with van der Waals surface area (Å²) < 4.78 is 4.85. The van der Waals surface area contributed by atoms with Crippen LogP contribution in [0.4, 0.5) is 17.1 Å². The van der Waals surface area contributed by atoms with Crippen molar-refractivity contribution in [2.24, 2.45) is 0 Å². The maximum Gasteiger partial charge on any atom is 0.315 e. The summed E-state index contributed by atoms with van der Waals surface area (Å²) in [6, 6.07) is 5.06. The maximum absolute atomic E-state index is 11.2. The van der Waals surface area contributed by atoms with E-state index < -0.39 is 4.92 Å². The number of nitro groups is 1. The fourth-order valence-corrected chi connectivity index (χ4v) is 1.80. The summed E-state index contributed by atoms with van der Waals surface area (Å²) in [6.07, 6.45) is 0. The van der Waals surface area contributed by atoms with Crippen LogP contribution in [-0.4, -0.2) is 21.6 Å². The van der Waals surface area contributed by atoms with Crippen molar-refractivity contribution < 1.29 is 9.45 Å². The molecule has 0 fully saturated rings. The Hall–Kier alpha value is -2.64. The lowest BCUT2D eigenvalue weighted by Crippen LogP contribution is -2.07. The number of anilines is 2. The number of benzene rings is 1. The molecule has 0 atom stereocenters. The Kier molecular flexibility index (Phi) is 4.14. The third kappa shape index (κ3) is 3.02. The first-order valence-corrected chi connectivity index (χ1v) is 6.16. The van der Waals surface area contributed by atoms with Crippen LogP contribution in [0.25, 0.3) is 0 Å². The van der Waals surface area contributed by atoms with Gasteiger partial charge in [0.1, 0.15) is 11.4 Å². The van der Waals surface area contributed by atoms with Crippen LogP contribution >= 0.6 is 0 Å². The molecule has 8 heteroatoms. The average Bonchev–Trinajstić information content (AvgIpc) is 2.82. The minimum Gasteiger partial charge on any atom is -0.380 e. The van der Waals surface area contributed by atoms with E-state index in [-0.39, 0.29) is 12.2 Å². The van der Waals surface area contributed by atoms with Crippen molar-refractivity contribution in [3.05, 3.63) is 40.0 Å². The molecule has 2 N–H and O–H groups in total. The minimum atomic E-state index is -0.415. The molecule has 0 amide bonds. The zero-order valence-corrected chi connectivity index (χ0v) is 11.2. The molecule has 106 valence electrons. The van der Waals surface area contributed by atoms with E-state index in [4.69, 9.17) is 4.52 Å². The first-order valence-electron chi connectivity index (χ1n) is 6.16. The van der Waals surface area contributed by atoms with Crippen molar-refractivity contribution in [1.29, 1.82) is 0 Å². The van der Waals surface area contributed by atoms with E-state index in [9.17, 15) is 10.1 Å². The van der Waals surface area contributed by atoms with Gasteiger partial charge in [-0.2, -0.15) is 4.98 Å². The van der Waals surface area contributed by atoms with Gasteiger partial charge in [0.25, 0.3) is 0 Å². The molecule has 1 heterocycles. The third-order valence-electron chi connectivity index (χ3n) is 2.59. The SMILES string of the molecule is CCNc1cccc(NCc2noc(C)n2)c1[N+](=O)[O-]. The monoisotopic (exact) mass is 277 g/mol. The lowest BCUT2D eigenvalue weighted by Gasteiger charge is -2.09. The minimum absolute atomic E-state index is 0.00886. The Morgan fingerprint density at radius 3 is 2.60 bits per heavy atom. The summed E-state index contributed by atoms with van der Waals surface area (Å²) in [4.78, 5) is 14.8. The van der Waals surface area contributed by atoms with Gasteiger partial charge in [-0.05, 0) is 19.1 Å². The normalized spacial score (nSPS) is 10.3. The van der Waals surface area contributed by atoms with E-state index in [1.54, 1.807) is 25.1 Å². The van der Waals surface area contributed by atoms with E-state index >= 15 is 0 Å². The first-order chi connectivity index (χ1) is 9.61. The summed E-state index contributed by atoms with van der Waals surface area (Å²) in [6.45, 7) is 4.43. The van der Waals surface area contributed by atoms with Crippen molar-refractivity contribution in [2.75, 3.05) is 17.2 Å². The van der Waals surface area contributed by atoms with E-state index in [1.807, 2.05) is 6.92 Å². The van der Waals surface area contributed by atoms with Crippen LogP contribution in [0, 0.1) is 17.0 Å². The Balaban J connectivity index is 2.22. The fourth-order valence-electron chi connectivity index (χ4n) is 1.80. The van der Waals surface area contributed by atoms with Gasteiger partial charge in [0.05, 0.1) is 11.5 Å². The van der Waals surface area contributed by atoms with Crippen LogP contribution in [0.2, 0.25) is 0 Å². The molecule has 0 radical (unpaired) electrons. The van der Waals surface area contributed by atoms with Crippen molar-refractivity contribution in [3.8, 4) is 0 Å². The van der Waals surface area contributed by atoms with E-state index in [2.05, 4.69) is 20.8 Å². The van der Waals surface area contributed by atoms with Crippen molar-refractivity contribution >= 4 is 17.1 Å². The molecule has 1 aromatic heterocycles. The molecule has 20 heavy (non-hydrogen) atoms. The Labute approximate surface area is 115 Å². The van der Waals surface area contributed by atoms with E-state index in [0.29, 0.717) is 29.6 Å². The predicted molar refractivity (Wildman–Crippen MR) is 73.6 cm³/mol. The fraction of sp³-hybridized carbons (Fsp3) is 0.333. The van der Waals surface area contributed by atoms with Gasteiger partial charge in [0.15, 0.2) is 5.82 Å². The molecule has 0 aliphatic heterocycles. The summed E-state index contributed by atoms with van der Waals surface area (Å²) in [5.41, 5.74) is 0.900. The number of aromatic nitrogens is 2. The van der Waals surface area contributed by atoms with Crippen LogP contribution in [0.1, 0.15) is 18.6 Å². The van der Waals surface area contributed by atoms with Crippen LogP contribution < -0.4 is 10.6 Å². The largest absolute Gasteiger partial charge is 0.380 e. The van der Waals surface area contributed by atoms with Crippen molar-refractivity contribution in [1.82, 2.24) is 10.1 Å². The Bertz CT molecular complexity index is 611. The van der Waals surface area contributed by atoms with Crippen LogP contribution in [-0.2, 0) is 6.54 Å². The number of hydrogen-bond acceptors (Lipinski definition) is 7. The van der Waals surface area contributed by atoms with Crippen LogP contribution in [0.5, 0.6) is 0 Å². The summed E-state index contributed by atoms with van der Waals surface area (Å²) >= 11 is 0. The summed E-state index contributed by atoms with van der Waals surface area (Å²) in [5.74, 6) is 0.906. The topological polar surface area (TPSA) is 106 Å². The van der Waals surface area contributed by atoms with Crippen LogP contribution in [0.3, 0.4) is 0 Å². The second kappa shape index (κ2) is 6.00. The Morgan fingerprint density at radius 2 is 2.05 bits per heavy atom. The number of nitrogens with one attached hydrogen (secondary N) is 2. The highest BCUT2D eigenvalue weighted by molar-refractivity contribution is 5.76. The Morgan fingerprint density at radius 1 is 1.35 bits per heavy atom. The highest BCUT2D eigenvalue weighted by Gasteiger charge is 2.19. The highest BCUT2D eigenvalue weighted by atomic mass is 16.6. The van der Waals surface area contributed by atoms with Gasteiger partial charge in [-0.15, -0.1) is 0 Å². The quantitative estimate of drug-likeness (QED) is 0.616. The van der Waals surface area contributed by atoms with Crippen molar-refractivity contribution in [2.45, 2.75) is 20.4 Å². The molecule has 0 bridgehead atoms. The van der Waals surface area contributed by atoms with Gasteiger partial charge in [-0.1, -0.05) is 11.2 Å². The average molecular weight is 277 g/mol. The number of hydrogen-bond donors (Lipinski definition) is 2. The number of nitrogens with zero attached hydrogens (tertiary/aromatic N) is 3. The standard InChI is InChI=1S/C12H15N5O3/c1-3-13-9-5-4-6-10(12(9)17(18)19)14-7-11-15-8(2)20-16-11/h4-6,13-14H,3,7H2,1-2H3. The van der Waals surface area contributed by atoms with Gasteiger partial charge < -0.3 is 15.2 Å². The smallest absolute Gasteiger partial charge is 0.315 e. The maximum atomic E-state index is 11.2. The molecule has 1 aromatic carbocycles. The molecule has 0 saturated heterocycles. The number of rotatable bonds is 6. The lowest BCUT2D eigenvalue weighted by molar-refractivity contribution is -0.383. The summed E-state index contributed by atoms with van der Waals surface area (Å²) in [7, 11) is 0.